The molecule has 0 aliphatic carbocycles. The zero-order valence-electron chi connectivity index (χ0n) is 16.6. The molecule has 4 aromatic rings. The van der Waals surface area contributed by atoms with Crippen LogP contribution in [0.4, 0.5) is 15.4 Å². The van der Waals surface area contributed by atoms with Gasteiger partial charge in [-0.15, -0.1) is 29.1 Å². The Morgan fingerprint density at radius 3 is 2.72 bits per heavy atom. The van der Waals surface area contributed by atoms with E-state index >= 15 is 0 Å². The molecule has 0 fully saturated rings. The van der Waals surface area contributed by atoms with E-state index < -0.39 is 18.2 Å². The molecule has 32 heavy (non-hydrogen) atoms. The number of carbonyl (C=O) groups is 2. The second-order valence-corrected chi connectivity index (χ2v) is 8.30. The van der Waals surface area contributed by atoms with Gasteiger partial charge in [0, 0.05) is 10.9 Å². The number of nitrogens with zero attached hydrogens (tertiary/aromatic N) is 2. The first kappa shape index (κ1) is 21.3. The Morgan fingerprint density at radius 2 is 2.00 bits per heavy atom. The Kier molecular flexibility index (Phi) is 6.30. The van der Waals surface area contributed by atoms with Crippen molar-refractivity contribution in [3.63, 3.8) is 0 Å². The van der Waals surface area contributed by atoms with Gasteiger partial charge in [0.15, 0.2) is 5.01 Å². The van der Waals surface area contributed by atoms with Crippen molar-refractivity contribution < 1.29 is 14.3 Å². The van der Waals surface area contributed by atoms with E-state index in [0.29, 0.717) is 10.8 Å². The molecule has 0 saturated heterocycles. The van der Waals surface area contributed by atoms with Crippen molar-refractivity contribution in [2.24, 2.45) is 5.73 Å². The van der Waals surface area contributed by atoms with Crippen LogP contribution in [-0.4, -0.2) is 28.7 Å². The fraction of sp³-hybridized carbons (Fsp3) is 0.0909. The third-order valence-electron chi connectivity index (χ3n) is 4.55. The first-order valence-corrected chi connectivity index (χ1v) is 11.1. The van der Waals surface area contributed by atoms with Crippen LogP contribution in [0.5, 0.6) is 0 Å². The van der Waals surface area contributed by atoms with Gasteiger partial charge in [-0.3, -0.25) is 5.32 Å². The molecule has 1 atom stereocenters. The standard InChI is InChI=1S/C22H17N5O3S2/c1-2-19-26-18(11-31-19)27-22(29)25-17(10-30-21(23)28)14-8-6-13(7-9-14)15-4-3-5-16-20(15)32-12-24-16/h1,3-9,11-12,17H,10H2,(H2,23,28)(H2,25,27,29). The van der Waals surface area contributed by atoms with E-state index in [1.807, 2.05) is 48.0 Å². The third-order valence-corrected chi connectivity index (χ3v) is 6.20. The quantitative estimate of drug-likeness (QED) is 0.367. The van der Waals surface area contributed by atoms with Crippen LogP contribution in [0.2, 0.25) is 0 Å². The van der Waals surface area contributed by atoms with Crippen molar-refractivity contribution in [2.75, 3.05) is 11.9 Å². The highest BCUT2D eigenvalue weighted by molar-refractivity contribution is 7.17. The van der Waals surface area contributed by atoms with Gasteiger partial charge in [0.1, 0.15) is 12.4 Å². The van der Waals surface area contributed by atoms with Crippen LogP contribution in [0.1, 0.15) is 16.6 Å². The van der Waals surface area contributed by atoms with E-state index in [1.54, 1.807) is 16.7 Å². The van der Waals surface area contributed by atoms with Crippen molar-refractivity contribution in [3.8, 4) is 23.5 Å². The minimum Gasteiger partial charge on any atom is -0.447 e. The number of primary amides is 1. The topological polar surface area (TPSA) is 119 Å². The molecule has 4 rings (SSSR count). The van der Waals surface area contributed by atoms with Crippen LogP contribution >= 0.6 is 22.7 Å². The second-order valence-electron chi connectivity index (χ2n) is 6.59. The summed E-state index contributed by atoms with van der Waals surface area (Å²) in [6.45, 7) is -0.126. The number of hydrogen-bond acceptors (Lipinski definition) is 7. The number of anilines is 1. The molecule has 8 nitrogen and oxygen atoms in total. The first-order chi connectivity index (χ1) is 15.5. The minimum atomic E-state index is -0.927. The van der Waals surface area contributed by atoms with Gasteiger partial charge in [0.25, 0.3) is 0 Å². The summed E-state index contributed by atoms with van der Waals surface area (Å²) >= 11 is 2.82. The molecule has 0 spiro atoms. The number of rotatable bonds is 6. The van der Waals surface area contributed by atoms with E-state index in [4.69, 9.17) is 16.9 Å². The number of benzene rings is 2. The van der Waals surface area contributed by atoms with E-state index in [2.05, 4.69) is 26.5 Å². The second kappa shape index (κ2) is 9.47. The molecule has 0 radical (unpaired) electrons. The number of thiazole rings is 2. The maximum Gasteiger partial charge on any atom is 0.404 e. The Morgan fingerprint density at radius 1 is 1.19 bits per heavy atom. The fourth-order valence-corrected chi connectivity index (χ4v) is 4.48. The smallest absolute Gasteiger partial charge is 0.404 e. The number of ether oxygens (including phenoxy) is 1. The van der Waals surface area contributed by atoms with Crippen molar-refractivity contribution in [1.29, 1.82) is 0 Å². The molecule has 0 aliphatic rings. The lowest BCUT2D eigenvalue weighted by Crippen LogP contribution is -2.36. The highest BCUT2D eigenvalue weighted by Gasteiger charge is 2.18. The lowest BCUT2D eigenvalue weighted by molar-refractivity contribution is 0.144. The summed E-state index contributed by atoms with van der Waals surface area (Å²) in [4.78, 5) is 32.0. The summed E-state index contributed by atoms with van der Waals surface area (Å²) in [5, 5.41) is 7.48. The van der Waals surface area contributed by atoms with Crippen LogP contribution in [0, 0.1) is 12.3 Å². The maximum absolute atomic E-state index is 12.5. The van der Waals surface area contributed by atoms with Gasteiger partial charge < -0.3 is 15.8 Å². The molecule has 0 bridgehead atoms. The lowest BCUT2D eigenvalue weighted by Gasteiger charge is -2.19. The Labute approximate surface area is 191 Å². The molecule has 0 aliphatic heterocycles. The Balaban J connectivity index is 1.53. The average Bonchev–Trinajstić information content (AvgIpc) is 3.45. The van der Waals surface area contributed by atoms with Crippen LogP contribution in [-0.2, 0) is 4.74 Å². The van der Waals surface area contributed by atoms with Gasteiger partial charge in [-0.1, -0.05) is 36.4 Å². The van der Waals surface area contributed by atoms with Gasteiger partial charge in [-0.2, -0.15) is 0 Å². The SMILES string of the molecule is C#Cc1nc(NC(=O)NC(COC(N)=O)c2ccc(-c3cccc4ncsc34)cc2)cs1. The summed E-state index contributed by atoms with van der Waals surface area (Å²) in [6.07, 6.45) is 4.38. The molecule has 2 aromatic heterocycles. The summed E-state index contributed by atoms with van der Waals surface area (Å²) in [7, 11) is 0. The largest absolute Gasteiger partial charge is 0.447 e. The monoisotopic (exact) mass is 463 g/mol. The van der Waals surface area contributed by atoms with Gasteiger partial charge >= 0.3 is 12.1 Å². The highest BCUT2D eigenvalue weighted by Crippen LogP contribution is 2.31. The van der Waals surface area contributed by atoms with Crippen molar-refractivity contribution in [3.05, 3.63) is 63.9 Å². The van der Waals surface area contributed by atoms with E-state index in [0.717, 1.165) is 26.9 Å². The zero-order valence-corrected chi connectivity index (χ0v) is 18.2. The van der Waals surface area contributed by atoms with Gasteiger partial charge in [-0.25, -0.2) is 19.6 Å². The molecular weight excluding hydrogens is 446 g/mol. The molecule has 3 amide bonds. The average molecular weight is 464 g/mol. The van der Waals surface area contributed by atoms with Gasteiger partial charge in [0.05, 0.1) is 21.8 Å². The molecule has 2 heterocycles. The third kappa shape index (κ3) is 4.85. The van der Waals surface area contributed by atoms with E-state index in [1.165, 1.54) is 11.3 Å². The van der Waals surface area contributed by atoms with Gasteiger partial charge in [-0.05, 0) is 23.1 Å². The number of nitrogens with two attached hydrogens (primary N) is 1. The predicted molar refractivity (Wildman–Crippen MR) is 126 cm³/mol. The van der Waals surface area contributed by atoms with Gasteiger partial charge in [0.2, 0.25) is 0 Å². The van der Waals surface area contributed by atoms with Crippen LogP contribution in [0.3, 0.4) is 0 Å². The minimum absolute atomic E-state index is 0.126. The summed E-state index contributed by atoms with van der Waals surface area (Å²) in [6, 6.07) is 12.4. The van der Waals surface area contributed by atoms with Crippen molar-refractivity contribution in [1.82, 2.24) is 15.3 Å². The fourth-order valence-electron chi connectivity index (χ4n) is 3.10. The normalized spacial score (nSPS) is 11.5. The zero-order chi connectivity index (χ0) is 22.5. The van der Waals surface area contributed by atoms with E-state index in [9.17, 15) is 9.59 Å². The number of carbonyl (C=O) groups excluding carboxylic acids is 2. The molecule has 160 valence electrons. The number of fused-ring (bicyclic) bond motifs is 1. The molecule has 2 aromatic carbocycles. The molecule has 10 heteroatoms. The van der Waals surface area contributed by atoms with E-state index in [-0.39, 0.29) is 6.61 Å². The first-order valence-electron chi connectivity index (χ1n) is 9.38. The van der Waals surface area contributed by atoms with Crippen LogP contribution in [0.15, 0.2) is 53.4 Å². The molecule has 4 N–H and O–H groups in total. The van der Waals surface area contributed by atoms with Crippen molar-refractivity contribution >= 4 is 50.8 Å². The number of terminal acetylenes is 1. The predicted octanol–water partition coefficient (Wildman–Crippen LogP) is 4.36. The maximum atomic E-state index is 12.5. The number of urea groups is 1. The lowest BCUT2D eigenvalue weighted by atomic mass is 10.0. The Bertz CT molecular complexity index is 1310. The number of aromatic nitrogens is 2. The number of amides is 3. The van der Waals surface area contributed by atoms with Crippen molar-refractivity contribution in [2.45, 2.75) is 6.04 Å². The summed E-state index contributed by atoms with van der Waals surface area (Å²) < 4.78 is 6.04. The molecular formula is C22H17N5O3S2. The van der Waals surface area contributed by atoms with Crippen LogP contribution < -0.4 is 16.4 Å². The number of hydrogen-bond donors (Lipinski definition) is 3. The number of nitrogens with one attached hydrogen (secondary N) is 2. The molecule has 0 saturated carbocycles. The summed E-state index contributed by atoms with van der Waals surface area (Å²) in [5.41, 5.74) is 10.7. The molecule has 1 unspecified atom stereocenters. The summed E-state index contributed by atoms with van der Waals surface area (Å²) in [5.74, 6) is 2.75. The Hall–Kier alpha value is -3.94. The van der Waals surface area contributed by atoms with Crippen LogP contribution in [0.25, 0.3) is 21.3 Å². The highest BCUT2D eigenvalue weighted by atomic mass is 32.1.